The molecule has 0 saturated heterocycles. The average molecular weight is 235 g/mol. The maximum Gasteiger partial charge on any atom is 0.488 e. The van der Waals surface area contributed by atoms with Crippen molar-refractivity contribution in [2.45, 2.75) is 26.8 Å². The van der Waals surface area contributed by atoms with Gasteiger partial charge in [0, 0.05) is 6.54 Å². The van der Waals surface area contributed by atoms with Crippen molar-refractivity contribution in [3.05, 3.63) is 29.8 Å². The second-order valence-electron chi connectivity index (χ2n) is 5.04. The van der Waals surface area contributed by atoms with Crippen LogP contribution in [-0.2, 0) is 6.54 Å². The van der Waals surface area contributed by atoms with Crippen LogP contribution in [-0.4, -0.2) is 35.7 Å². The molecule has 1 aromatic rings. The predicted octanol–water partition coefficient (Wildman–Crippen LogP) is 0.844. The summed E-state index contributed by atoms with van der Waals surface area (Å²) in [6.07, 6.45) is 1.18. The molecule has 0 radical (unpaired) electrons. The molecule has 0 amide bonds. The average Bonchev–Trinajstić information content (AvgIpc) is 2.26. The number of hydrogen-bond acceptors (Lipinski definition) is 3. The third kappa shape index (κ3) is 5.35. The van der Waals surface area contributed by atoms with Crippen molar-refractivity contribution in [2.75, 3.05) is 13.6 Å². The fourth-order valence-electron chi connectivity index (χ4n) is 1.72. The Labute approximate surface area is 104 Å². The van der Waals surface area contributed by atoms with Gasteiger partial charge in [-0.2, -0.15) is 0 Å². The first-order valence-electron chi connectivity index (χ1n) is 6.12. The molecule has 3 nitrogen and oxygen atoms in total. The van der Waals surface area contributed by atoms with Gasteiger partial charge in [0.1, 0.15) is 0 Å². The van der Waals surface area contributed by atoms with Crippen LogP contribution in [0.4, 0.5) is 0 Å². The van der Waals surface area contributed by atoms with E-state index in [1.54, 1.807) is 6.07 Å². The molecule has 0 aliphatic heterocycles. The molecule has 0 aliphatic rings. The summed E-state index contributed by atoms with van der Waals surface area (Å²) < 4.78 is 0. The first-order chi connectivity index (χ1) is 7.99. The third-order valence-corrected chi connectivity index (χ3v) is 2.79. The molecule has 0 unspecified atom stereocenters. The van der Waals surface area contributed by atoms with Crippen LogP contribution in [0.15, 0.2) is 24.3 Å². The summed E-state index contributed by atoms with van der Waals surface area (Å²) in [5.41, 5.74) is 1.67. The summed E-state index contributed by atoms with van der Waals surface area (Å²) in [6, 6.07) is 7.44. The Bertz CT molecular complexity index is 342. The van der Waals surface area contributed by atoms with E-state index in [2.05, 4.69) is 25.8 Å². The van der Waals surface area contributed by atoms with E-state index in [9.17, 15) is 0 Å². The second kappa shape index (κ2) is 6.79. The molecule has 4 heteroatoms. The third-order valence-electron chi connectivity index (χ3n) is 2.79. The number of nitrogens with zero attached hydrogens (tertiary/aromatic N) is 1. The summed E-state index contributed by atoms with van der Waals surface area (Å²) >= 11 is 0. The molecule has 0 saturated carbocycles. The minimum Gasteiger partial charge on any atom is -0.423 e. The Balaban J connectivity index is 2.53. The van der Waals surface area contributed by atoms with Crippen LogP contribution in [0.5, 0.6) is 0 Å². The summed E-state index contributed by atoms with van der Waals surface area (Å²) in [5, 5.41) is 18.2. The molecule has 0 aliphatic carbocycles. The van der Waals surface area contributed by atoms with Crippen LogP contribution in [0.1, 0.15) is 25.8 Å². The lowest BCUT2D eigenvalue weighted by Gasteiger charge is -2.18. The van der Waals surface area contributed by atoms with E-state index in [0.29, 0.717) is 11.4 Å². The van der Waals surface area contributed by atoms with E-state index < -0.39 is 7.12 Å². The fraction of sp³-hybridized carbons (Fsp3) is 0.538. The van der Waals surface area contributed by atoms with Gasteiger partial charge in [-0.25, -0.2) is 0 Å². The molecule has 0 fully saturated rings. The highest BCUT2D eigenvalue weighted by atomic mass is 16.4. The van der Waals surface area contributed by atoms with Gasteiger partial charge in [-0.1, -0.05) is 38.1 Å². The predicted molar refractivity (Wildman–Crippen MR) is 72.1 cm³/mol. The van der Waals surface area contributed by atoms with Crippen LogP contribution < -0.4 is 5.46 Å². The molecule has 0 bridgehead atoms. The molecule has 1 aromatic carbocycles. The highest BCUT2D eigenvalue weighted by Gasteiger charge is 2.11. The minimum absolute atomic E-state index is 0.555. The van der Waals surface area contributed by atoms with Crippen molar-refractivity contribution in [3.8, 4) is 0 Å². The number of hydrogen-bond donors (Lipinski definition) is 2. The van der Waals surface area contributed by atoms with Gasteiger partial charge in [0.25, 0.3) is 0 Å². The van der Waals surface area contributed by atoms with Gasteiger partial charge >= 0.3 is 7.12 Å². The Hall–Kier alpha value is -0.835. The molecule has 1 rings (SSSR count). The Morgan fingerprint density at radius 2 is 2.00 bits per heavy atom. The van der Waals surface area contributed by atoms with Crippen molar-refractivity contribution in [2.24, 2.45) is 5.92 Å². The van der Waals surface area contributed by atoms with E-state index in [4.69, 9.17) is 10.0 Å². The molecule has 0 spiro atoms. The monoisotopic (exact) mass is 235 g/mol. The zero-order valence-electron chi connectivity index (χ0n) is 10.9. The smallest absolute Gasteiger partial charge is 0.423 e. The SMILES string of the molecule is CC(C)CCN(C)Cc1cccc(B(O)O)c1. The number of benzene rings is 1. The second-order valence-corrected chi connectivity index (χ2v) is 5.04. The zero-order chi connectivity index (χ0) is 12.8. The summed E-state index contributed by atoms with van der Waals surface area (Å²) in [6.45, 7) is 6.34. The van der Waals surface area contributed by atoms with Crippen LogP contribution in [0.2, 0.25) is 0 Å². The van der Waals surface area contributed by atoms with Crippen LogP contribution in [0, 0.1) is 5.92 Å². The van der Waals surface area contributed by atoms with Crippen molar-refractivity contribution in [1.29, 1.82) is 0 Å². The quantitative estimate of drug-likeness (QED) is 0.718. The normalized spacial score (nSPS) is 11.2. The maximum absolute atomic E-state index is 9.10. The van der Waals surface area contributed by atoms with Gasteiger partial charge in [-0.15, -0.1) is 0 Å². The Morgan fingerprint density at radius 1 is 1.29 bits per heavy atom. The van der Waals surface area contributed by atoms with Crippen LogP contribution in [0.25, 0.3) is 0 Å². The van der Waals surface area contributed by atoms with E-state index in [1.165, 1.54) is 6.42 Å². The minimum atomic E-state index is -1.38. The molecular formula is C13H22BNO2. The fourth-order valence-corrected chi connectivity index (χ4v) is 1.72. The lowest BCUT2D eigenvalue weighted by molar-refractivity contribution is 0.303. The molecule has 0 atom stereocenters. The van der Waals surface area contributed by atoms with Crippen LogP contribution >= 0.6 is 0 Å². The highest BCUT2D eigenvalue weighted by Crippen LogP contribution is 2.05. The van der Waals surface area contributed by atoms with Crippen LogP contribution in [0.3, 0.4) is 0 Å². The van der Waals surface area contributed by atoms with E-state index >= 15 is 0 Å². The molecule has 94 valence electrons. The highest BCUT2D eigenvalue weighted by molar-refractivity contribution is 6.58. The summed E-state index contributed by atoms with van der Waals surface area (Å²) in [5.74, 6) is 0.711. The zero-order valence-corrected chi connectivity index (χ0v) is 10.9. The lowest BCUT2D eigenvalue weighted by atomic mass is 9.79. The Kier molecular flexibility index (Phi) is 5.68. The maximum atomic E-state index is 9.10. The van der Waals surface area contributed by atoms with Gasteiger partial charge in [-0.05, 0) is 37.0 Å². The molecule has 2 N–H and O–H groups in total. The standard InChI is InChI=1S/C13H22BNO2/c1-11(2)7-8-15(3)10-12-5-4-6-13(9-12)14(16)17/h4-6,9,11,16-17H,7-8,10H2,1-3H3. The van der Waals surface area contributed by atoms with Crippen molar-refractivity contribution in [3.63, 3.8) is 0 Å². The van der Waals surface area contributed by atoms with E-state index in [-0.39, 0.29) is 0 Å². The van der Waals surface area contributed by atoms with E-state index in [0.717, 1.165) is 18.7 Å². The van der Waals surface area contributed by atoms with Crippen molar-refractivity contribution < 1.29 is 10.0 Å². The molecular weight excluding hydrogens is 213 g/mol. The topological polar surface area (TPSA) is 43.7 Å². The number of rotatable bonds is 6. The van der Waals surface area contributed by atoms with Gasteiger partial charge in [0.2, 0.25) is 0 Å². The van der Waals surface area contributed by atoms with Crippen molar-refractivity contribution in [1.82, 2.24) is 4.90 Å². The molecule has 0 aromatic heterocycles. The van der Waals surface area contributed by atoms with Crippen molar-refractivity contribution >= 4 is 12.6 Å². The largest absolute Gasteiger partial charge is 0.488 e. The first kappa shape index (κ1) is 14.2. The lowest BCUT2D eigenvalue weighted by Crippen LogP contribution is -2.30. The Morgan fingerprint density at radius 3 is 2.59 bits per heavy atom. The van der Waals surface area contributed by atoms with Gasteiger partial charge in [0.05, 0.1) is 0 Å². The summed E-state index contributed by atoms with van der Waals surface area (Å²) in [4.78, 5) is 2.25. The molecule has 17 heavy (non-hydrogen) atoms. The van der Waals surface area contributed by atoms with Gasteiger partial charge in [0.15, 0.2) is 0 Å². The summed E-state index contributed by atoms with van der Waals surface area (Å²) in [7, 11) is 0.709. The molecule has 0 heterocycles. The van der Waals surface area contributed by atoms with Gasteiger partial charge < -0.3 is 14.9 Å². The van der Waals surface area contributed by atoms with E-state index in [1.807, 2.05) is 18.2 Å². The first-order valence-corrected chi connectivity index (χ1v) is 6.12. The van der Waals surface area contributed by atoms with Gasteiger partial charge in [-0.3, -0.25) is 0 Å².